The van der Waals surface area contributed by atoms with E-state index in [1.54, 1.807) is 53.4 Å². The number of hydrogen-bond acceptors (Lipinski definition) is 6. The molecule has 1 atom stereocenters. The van der Waals surface area contributed by atoms with E-state index in [1.165, 1.54) is 0 Å². The van der Waals surface area contributed by atoms with Gasteiger partial charge in [0.15, 0.2) is 0 Å². The number of benzene rings is 3. The largest absolute Gasteiger partial charge is 0.507 e. The first-order valence-electron chi connectivity index (χ1n) is 13.0. The molecule has 1 amide bonds. The number of rotatable bonds is 8. The molecule has 2 heterocycles. The second-order valence-corrected chi connectivity index (χ2v) is 10.2. The molecule has 0 radical (unpaired) electrons. The molecule has 8 heteroatoms. The van der Waals surface area contributed by atoms with Gasteiger partial charge < -0.3 is 19.5 Å². The molecule has 39 heavy (non-hydrogen) atoms. The number of aryl methyl sites for hydroxylation is 1. The molecule has 0 aliphatic carbocycles. The van der Waals surface area contributed by atoms with Crippen molar-refractivity contribution in [2.75, 3.05) is 39.4 Å². The van der Waals surface area contributed by atoms with Crippen molar-refractivity contribution in [3.8, 4) is 5.75 Å². The van der Waals surface area contributed by atoms with E-state index < -0.39 is 17.7 Å². The van der Waals surface area contributed by atoms with E-state index in [4.69, 9.17) is 21.1 Å². The summed E-state index contributed by atoms with van der Waals surface area (Å²) in [6.45, 7) is 6.24. The number of amides is 1. The molecule has 0 aromatic heterocycles. The number of halogens is 1. The molecular formula is C31H31ClN2O5. The third-order valence-corrected chi connectivity index (χ3v) is 7.52. The van der Waals surface area contributed by atoms with Crippen LogP contribution in [-0.2, 0) is 20.9 Å². The molecule has 3 aromatic rings. The molecule has 0 spiro atoms. The molecule has 7 nitrogen and oxygen atoms in total. The van der Waals surface area contributed by atoms with Crippen LogP contribution in [0.4, 0.5) is 0 Å². The van der Waals surface area contributed by atoms with E-state index in [9.17, 15) is 14.7 Å². The van der Waals surface area contributed by atoms with Crippen LogP contribution in [0.15, 0.2) is 78.4 Å². The number of ketones is 1. The first kappa shape index (κ1) is 26.9. The molecule has 5 rings (SSSR count). The molecule has 0 saturated carbocycles. The predicted molar refractivity (Wildman–Crippen MR) is 150 cm³/mol. The summed E-state index contributed by atoms with van der Waals surface area (Å²) in [7, 11) is 0. The van der Waals surface area contributed by atoms with Gasteiger partial charge in [0.25, 0.3) is 11.7 Å². The van der Waals surface area contributed by atoms with Gasteiger partial charge in [0.1, 0.15) is 18.1 Å². The van der Waals surface area contributed by atoms with Crippen LogP contribution in [-0.4, -0.2) is 66.0 Å². The van der Waals surface area contributed by atoms with Crippen LogP contribution in [0, 0.1) is 6.92 Å². The lowest BCUT2D eigenvalue weighted by Gasteiger charge is -2.31. The average Bonchev–Trinajstić information content (AvgIpc) is 3.21. The van der Waals surface area contributed by atoms with Crippen molar-refractivity contribution in [2.45, 2.75) is 19.6 Å². The number of ether oxygens (including phenoxy) is 2. The minimum absolute atomic E-state index is 0.0675. The zero-order valence-electron chi connectivity index (χ0n) is 21.8. The van der Waals surface area contributed by atoms with Crippen molar-refractivity contribution < 1.29 is 24.2 Å². The number of nitrogens with zero attached hydrogens (tertiary/aromatic N) is 2. The Hall–Kier alpha value is -3.65. The Kier molecular flexibility index (Phi) is 8.31. The number of carbonyl (C=O) groups excluding carboxylic acids is 2. The maximum atomic E-state index is 13.3. The maximum Gasteiger partial charge on any atom is 0.295 e. The number of morpholine rings is 1. The van der Waals surface area contributed by atoms with Crippen LogP contribution < -0.4 is 4.74 Å². The lowest BCUT2D eigenvalue weighted by Crippen LogP contribution is -2.42. The standard InChI is InChI=1S/C31H31ClN2O5/c1-21-4-2-3-5-24(21)20-39-26-12-8-23(9-13-26)29(35)27-28(22-6-10-25(32)11-7-22)34(31(37)30(27)36)15-14-33-16-18-38-19-17-33/h2-13,28,35H,14-20H2,1H3. The van der Waals surface area contributed by atoms with Gasteiger partial charge in [-0.15, -0.1) is 0 Å². The summed E-state index contributed by atoms with van der Waals surface area (Å²) in [5.74, 6) is -0.903. The highest BCUT2D eigenvalue weighted by atomic mass is 35.5. The van der Waals surface area contributed by atoms with Crippen LogP contribution in [0.1, 0.15) is 28.3 Å². The smallest absolute Gasteiger partial charge is 0.295 e. The van der Waals surface area contributed by atoms with Crippen LogP contribution in [0.3, 0.4) is 0 Å². The fourth-order valence-corrected chi connectivity index (χ4v) is 5.10. The first-order valence-corrected chi connectivity index (χ1v) is 13.4. The Morgan fingerprint density at radius 3 is 2.36 bits per heavy atom. The molecule has 1 unspecified atom stereocenters. The Morgan fingerprint density at radius 2 is 1.67 bits per heavy atom. The van der Waals surface area contributed by atoms with Crippen molar-refractivity contribution in [2.24, 2.45) is 0 Å². The van der Waals surface area contributed by atoms with E-state index in [0.717, 1.165) is 24.2 Å². The summed E-state index contributed by atoms with van der Waals surface area (Å²) < 4.78 is 11.3. The Balaban J connectivity index is 1.41. The van der Waals surface area contributed by atoms with E-state index in [2.05, 4.69) is 4.90 Å². The van der Waals surface area contributed by atoms with Gasteiger partial charge in [0.2, 0.25) is 0 Å². The second kappa shape index (κ2) is 12.0. The van der Waals surface area contributed by atoms with Crippen molar-refractivity contribution in [1.82, 2.24) is 9.80 Å². The Labute approximate surface area is 233 Å². The number of Topliss-reactive ketones (excluding diaryl/α,β-unsaturated/α-hetero) is 1. The van der Waals surface area contributed by atoms with E-state index in [0.29, 0.717) is 54.8 Å². The quantitative estimate of drug-likeness (QED) is 0.244. The topological polar surface area (TPSA) is 79.3 Å². The van der Waals surface area contributed by atoms with Gasteiger partial charge in [0.05, 0.1) is 24.8 Å². The van der Waals surface area contributed by atoms with Crippen molar-refractivity contribution in [3.63, 3.8) is 0 Å². The minimum Gasteiger partial charge on any atom is -0.507 e. The summed E-state index contributed by atoms with van der Waals surface area (Å²) in [6, 6.07) is 21.2. The predicted octanol–water partition coefficient (Wildman–Crippen LogP) is 4.98. The van der Waals surface area contributed by atoms with Gasteiger partial charge in [-0.25, -0.2) is 0 Å². The third kappa shape index (κ3) is 6.01. The summed E-state index contributed by atoms with van der Waals surface area (Å²) >= 11 is 6.12. The minimum atomic E-state index is -0.722. The molecule has 0 bridgehead atoms. The average molecular weight is 547 g/mol. The fourth-order valence-electron chi connectivity index (χ4n) is 4.97. The van der Waals surface area contributed by atoms with E-state index in [1.807, 2.05) is 31.2 Å². The zero-order chi connectivity index (χ0) is 27.4. The number of aliphatic hydroxyl groups is 1. The summed E-state index contributed by atoms with van der Waals surface area (Å²) in [4.78, 5) is 30.3. The van der Waals surface area contributed by atoms with E-state index >= 15 is 0 Å². The second-order valence-electron chi connectivity index (χ2n) is 9.74. The monoisotopic (exact) mass is 546 g/mol. The molecule has 202 valence electrons. The SMILES string of the molecule is Cc1ccccc1COc1ccc(C(O)=C2C(=O)C(=O)N(CCN3CCOCC3)C2c2ccc(Cl)cc2)cc1. The van der Waals surface area contributed by atoms with Crippen LogP contribution in [0.5, 0.6) is 5.75 Å². The number of carbonyl (C=O) groups is 2. The van der Waals surface area contributed by atoms with Crippen molar-refractivity contribution in [1.29, 1.82) is 0 Å². The molecule has 3 aromatic carbocycles. The van der Waals surface area contributed by atoms with Gasteiger partial charge in [-0.05, 0) is 60.0 Å². The highest BCUT2D eigenvalue weighted by molar-refractivity contribution is 6.46. The molecule has 2 saturated heterocycles. The number of aliphatic hydroxyl groups excluding tert-OH is 1. The van der Waals surface area contributed by atoms with Crippen molar-refractivity contribution in [3.05, 3.63) is 106 Å². The molecule has 2 fully saturated rings. The van der Waals surface area contributed by atoms with Gasteiger partial charge >= 0.3 is 0 Å². The van der Waals surface area contributed by atoms with Crippen molar-refractivity contribution >= 4 is 29.1 Å². The number of hydrogen-bond donors (Lipinski definition) is 1. The van der Waals surface area contributed by atoms with Crippen LogP contribution in [0.25, 0.3) is 5.76 Å². The highest BCUT2D eigenvalue weighted by Gasteiger charge is 2.46. The maximum absolute atomic E-state index is 13.3. The number of likely N-dealkylation sites (tertiary alicyclic amines) is 1. The lowest BCUT2D eigenvalue weighted by molar-refractivity contribution is -0.140. The normalized spacial score (nSPS) is 19.4. The summed E-state index contributed by atoms with van der Waals surface area (Å²) in [5.41, 5.74) is 3.44. The van der Waals surface area contributed by atoms with Crippen LogP contribution >= 0.6 is 11.6 Å². The van der Waals surface area contributed by atoms with Gasteiger partial charge in [-0.2, -0.15) is 0 Å². The summed E-state index contributed by atoms with van der Waals surface area (Å²) in [5, 5.41) is 11.9. The molecule has 1 N–H and O–H groups in total. The zero-order valence-corrected chi connectivity index (χ0v) is 22.6. The molecule has 2 aliphatic heterocycles. The molecular weight excluding hydrogens is 516 g/mol. The van der Waals surface area contributed by atoms with Gasteiger partial charge in [-0.1, -0.05) is 48.0 Å². The first-order chi connectivity index (χ1) is 18.9. The summed E-state index contributed by atoms with van der Waals surface area (Å²) in [6.07, 6.45) is 0. The van der Waals surface area contributed by atoms with Gasteiger partial charge in [-0.3, -0.25) is 14.5 Å². The lowest BCUT2D eigenvalue weighted by atomic mass is 9.95. The Bertz CT molecular complexity index is 1360. The molecule has 2 aliphatic rings. The highest BCUT2D eigenvalue weighted by Crippen LogP contribution is 2.39. The Morgan fingerprint density at radius 1 is 0.974 bits per heavy atom. The van der Waals surface area contributed by atoms with Crippen LogP contribution in [0.2, 0.25) is 5.02 Å². The fraction of sp³-hybridized carbons (Fsp3) is 0.290. The van der Waals surface area contributed by atoms with E-state index in [-0.39, 0.29) is 11.3 Å². The third-order valence-electron chi connectivity index (χ3n) is 7.27. The van der Waals surface area contributed by atoms with Gasteiger partial charge in [0, 0.05) is 36.8 Å².